The number of carbonyl (C=O) groups excluding carboxylic acids is 2. The van der Waals surface area contributed by atoms with Gasteiger partial charge in [-0.05, 0) is 27.3 Å². The van der Waals surface area contributed by atoms with E-state index in [1.807, 2.05) is 28.7 Å². The van der Waals surface area contributed by atoms with E-state index in [9.17, 15) is 24.6 Å². The lowest BCUT2D eigenvalue weighted by atomic mass is 9.79. The molecule has 0 aromatic rings. The highest BCUT2D eigenvalue weighted by atomic mass is 32.2. The summed E-state index contributed by atoms with van der Waals surface area (Å²) in [4.78, 5) is 45.1. The Labute approximate surface area is 203 Å². The zero-order valence-corrected chi connectivity index (χ0v) is 20.7. The van der Waals surface area contributed by atoms with Crippen LogP contribution in [-0.4, -0.2) is 117 Å². The molecule has 188 valence electrons. The monoisotopic (exact) mass is 495 g/mol. The van der Waals surface area contributed by atoms with Gasteiger partial charge in [0.05, 0.1) is 34.8 Å². The number of nitrogens with zero attached hydrogens (tertiary/aromatic N) is 4. The molecule has 0 saturated carbocycles. The van der Waals surface area contributed by atoms with Crippen LogP contribution in [0.1, 0.15) is 27.2 Å². The Hall–Kier alpha value is -2.31. The molecule has 0 aliphatic carbocycles. The number of likely N-dealkylation sites (N-methyl/N-ethyl adjacent to an activating group) is 1. The number of thioether (sulfide) groups is 1. The highest BCUT2D eigenvalue weighted by molar-refractivity contribution is 8.03. The molecule has 0 aromatic heterocycles. The minimum Gasteiger partial charge on any atom is -0.449 e. The summed E-state index contributed by atoms with van der Waals surface area (Å²) >= 11 is 1.48. The summed E-state index contributed by atoms with van der Waals surface area (Å²) in [6, 6.07) is -0.593. The lowest BCUT2D eigenvalue weighted by molar-refractivity contribution is -0.163. The molecule has 4 rings (SSSR count). The van der Waals surface area contributed by atoms with E-state index >= 15 is 0 Å². The van der Waals surface area contributed by atoms with Gasteiger partial charge in [0.25, 0.3) is 0 Å². The van der Waals surface area contributed by atoms with Gasteiger partial charge in [0, 0.05) is 43.9 Å². The third-order valence-electron chi connectivity index (χ3n) is 7.40. The summed E-state index contributed by atoms with van der Waals surface area (Å²) in [5.74, 6) is -0.432. The minimum absolute atomic E-state index is 0.0349. The molecule has 0 radical (unpaired) electrons. The first-order chi connectivity index (χ1) is 16.0. The first-order valence-electron chi connectivity index (χ1n) is 11.6. The molecule has 0 aromatic carbocycles. The number of ether oxygens (including phenoxy) is 1. The van der Waals surface area contributed by atoms with Crippen molar-refractivity contribution in [2.24, 2.45) is 11.8 Å². The molecule has 6 atom stereocenters. The number of carboxylic acid groups (broad SMARTS) is 1. The normalized spacial score (nSPS) is 32.6. The van der Waals surface area contributed by atoms with Gasteiger partial charge in [-0.3, -0.25) is 24.8 Å². The molecule has 12 heteroatoms. The molecule has 4 aliphatic rings. The maximum atomic E-state index is 13.2. The Morgan fingerprint density at radius 2 is 1.82 bits per heavy atom. The minimum atomic E-state index is -1.48. The summed E-state index contributed by atoms with van der Waals surface area (Å²) in [7, 11) is 1.92. The van der Waals surface area contributed by atoms with Crippen LogP contribution in [0.15, 0.2) is 10.8 Å². The van der Waals surface area contributed by atoms with Gasteiger partial charge in [-0.1, -0.05) is 6.92 Å². The Morgan fingerprint density at radius 1 is 1.21 bits per heavy atom. The summed E-state index contributed by atoms with van der Waals surface area (Å²) in [6.45, 7) is 8.40. The van der Waals surface area contributed by atoms with Crippen LogP contribution in [0.5, 0.6) is 0 Å². The third-order valence-corrected chi connectivity index (χ3v) is 8.88. The summed E-state index contributed by atoms with van der Waals surface area (Å²) in [5, 5.41) is 27.1. The van der Waals surface area contributed by atoms with Crippen molar-refractivity contribution in [2.75, 3.05) is 39.8 Å². The van der Waals surface area contributed by atoms with Crippen LogP contribution in [-0.2, 0) is 14.3 Å². The predicted octanol–water partition coefficient (Wildman–Crippen LogP) is 0.655. The fourth-order valence-electron chi connectivity index (χ4n) is 5.58. The fraction of sp³-hybridized carbons (Fsp3) is 0.727. The number of carbonyl (C=O) groups is 3. The average Bonchev–Trinajstić information content (AvgIpc) is 3.23. The Balaban J connectivity index is 1.45. The van der Waals surface area contributed by atoms with Crippen molar-refractivity contribution in [3.8, 4) is 0 Å². The van der Waals surface area contributed by atoms with E-state index in [0.29, 0.717) is 49.9 Å². The maximum absolute atomic E-state index is 13.2. The first-order valence-corrected chi connectivity index (χ1v) is 12.5. The van der Waals surface area contributed by atoms with E-state index in [1.165, 1.54) is 16.7 Å². The second-order valence-corrected chi connectivity index (χ2v) is 11.0. The molecule has 3 N–H and O–H groups in total. The number of fused-ring (bicyclic) bond motifs is 1. The van der Waals surface area contributed by atoms with Crippen molar-refractivity contribution in [3.05, 3.63) is 10.8 Å². The number of likely N-dealkylation sites (tertiary alicyclic amines) is 1. The SMILES string of the molecule is CC(=N)N1CCN(C(=O)C2CC(SC3=C(OC(=O)O)N4C(=O)C(C(C)O)[C@@H]4C3C)CN2C)CC1. The Bertz CT molecular complexity index is 917. The largest absolute Gasteiger partial charge is 0.512 e. The van der Waals surface area contributed by atoms with E-state index in [2.05, 4.69) is 0 Å². The van der Waals surface area contributed by atoms with Gasteiger partial charge in [-0.15, -0.1) is 11.8 Å². The zero-order chi connectivity index (χ0) is 24.9. The molecule has 3 fully saturated rings. The number of aliphatic hydroxyl groups is 1. The predicted molar refractivity (Wildman–Crippen MR) is 125 cm³/mol. The third kappa shape index (κ3) is 4.27. The number of β-lactam (4-membered cyclic amide) rings is 1. The van der Waals surface area contributed by atoms with Crippen LogP contribution < -0.4 is 0 Å². The van der Waals surface area contributed by atoms with Crippen LogP contribution in [0.3, 0.4) is 0 Å². The Morgan fingerprint density at radius 3 is 2.38 bits per heavy atom. The van der Waals surface area contributed by atoms with Crippen molar-refractivity contribution < 1.29 is 29.3 Å². The standard InChI is InChI=1S/C22H33N5O6S/c1-11-17-16(12(2)28)20(30)27(17)21(33-22(31)32)18(11)34-14-9-15(24(4)10-14)19(29)26-7-5-25(6-8-26)13(3)23/h11-12,14-17,23,28H,5-10H2,1-4H3,(H,31,32)/t11?,12?,14?,15?,16?,17-/m0/s1. The van der Waals surface area contributed by atoms with Gasteiger partial charge in [-0.25, -0.2) is 4.79 Å². The van der Waals surface area contributed by atoms with Gasteiger partial charge in [0.2, 0.25) is 17.7 Å². The summed E-state index contributed by atoms with van der Waals surface area (Å²) < 4.78 is 5.05. The molecular weight excluding hydrogens is 462 g/mol. The van der Waals surface area contributed by atoms with Crippen LogP contribution >= 0.6 is 11.8 Å². The van der Waals surface area contributed by atoms with E-state index < -0.39 is 18.2 Å². The molecule has 11 nitrogen and oxygen atoms in total. The van der Waals surface area contributed by atoms with Crippen LogP contribution in [0.25, 0.3) is 0 Å². The summed E-state index contributed by atoms with van der Waals surface area (Å²) in [5.41, 5.74) is 0. The van der Waals surface area contributed by atoms with Gasteiger partial charge in [0.15, 0.2) is 0 Å². The van der Waals surface area contributed by atoms with Crippen molar-refractivity contribution in [1.29, 1.82) is 5.41 Å². The summed E-state index contributed by atoms with van der Waals surface area (Å²) in [6.07, 6.45) is -1.70. The smallest absolute Gasteiger partial charge is 0.449 e. The van der Waals surface area contributed by atoms with Crippen molar-refractivity contribution >= 4 is 35.6 Å². The fourth-order valence-corrected chi connectivity index (χ4v) is 7.12. The number of amidine groups is 1. The quantitative estimate of drug-likeness (QED) is 0.217. The molecule has 0 bridgehead atoms. The molecule has 4 heterocycles. The molecule has 3 saturated heterocycles. The average molecular weight is 496 g/mol. The molecule has 0 spiro atoms. The number of piperazine rings is 1. The number of amides is 2. The topological polar surface area (TPSA) is 138 Å². The van der Waals surface area contributed by atoms with E-state index in [-0.39, 0.29) is 40.9 Å². The number of nitrogens with one attached hydrogen (secondary N) is 1. The van der Waals surface area contributed by atoms with Crippen LogP contribution in [0, 0.1) is 17.2 Å². The van der Waals surface area contributed by atoms with Crippen LogP contribution in [0.2, 0.25) is 0 Å². The molecule has 5 unspecified atom stereocenters. The van der Waals surface area contributed by atoms with E-state index in [0.717, 1.165) is 0 Å². The molecule has 34 heavy (non-hydrogen) atoms. The molecular formula is C22H33N5O6S. The highest BCUT2D eigenvalue weighted by Gasteiger charge is 2.60. The van der Waals surface area contributed by atoms with Crippen molar-refractivity contribution in [2.45, 2.75) is 50.6 Å². The zero-order valence-electron chi connectivity index (χ0n) is 19.9. The number of hydrogen-bond donors (Lipinski definition) is 3. The highest BCUT2D eigenvalue weighted by Crippen LogP contribution is 2.52. The number of aliphatic hydroxyl groups excluding tert-OH is 1. The second kappa shape index (κ2) is 9.38. The van der Waals surface area contributed by atoms with Gasteiger partial charge in [0.1, 0.15) is 0 Å². The van der Waals surface area contributed by atoms with E-state index in [1.54, 1.807) is 13.8 Å². The maximum Gasteiger partial charge on any atom is 0.512 e. The molecule has 2 amide bonds. The van der Waals surface area contributed by atoms with Crippen molar-refractivity contribution in [1.82, 2.24) is 19.6 Å². The number of rotatable bonds is 5. The van der Waals surface area contributed by atoms with Gasteiger partial charge < -0.3 is 24.7 Å². The number of hydrogen-bond acceptors (Lipinski definition) is 8. The lowest BCUT2D eigenvalue weighted by Gasteiger charge is -2.45. The second-order valence-electron chi connectivity index (χ2n) is 9.62. The Kier molecular flexibility index (Phi) is 6.85. The van der Waals surface area contributed by atoms with Gasteiger partial charge >= 0.3 is 6.16 Å². The lowest BCUT2D eigenvalue weighted by Crippen LogP contribution is -2.63. The molecule has 4 aliphatic heterocycles. The van der Waals surface area contributed by atoms with Gasteiger partial charge in [-0.2, -0.15) is 0 Å². The van der Waals surface area contributed by atoms with E-state index in [4.69, 9.17) is 10.1 Å². The first kappa shape index (κ1) is 24.8. The van der Waals surface area contributed by atoms with Crippen LogP contribution in [0.4, 0.5) is 4.79 Å². The van der Waals surface area contributed by atoms with Crippen molar-refractivity contribution in [3.63, 3.8) is 0 Å².